The Bertz CT molecular complexity index is 470. The van der Waals surface area contributed by atoms with E-state index in [-0.39, 0.29) is 23.2 Å². The van der Waals surface area contributed by atoms with Crippen LogP contribution in [-0.2, 0) is 4.74 Å². The summed E-state index contributed by atoms with van der Waals surface area (Å²) in [7, 11) is 0. The number of nitrogens with zero attached hydrogens (tertiary/aromatic N) is 3. The van der Waals surface area contributed by atoms with Gasteiger partial charge in [0.25, 0.3) is 0 Å². The van der Waals surface area contributed by atoms with Gasteiger partial charge in [0.15, 0.2) is 0 Å². The van der Waals surface area contributed by atoms with Gasteiger partial charge in [-0.25, -0.2) is 4.98 Å². The molecule has 0 saturated carbocycles. The van der Waals surface area contributed by atoms with Crippen LogP contribution >= 0.6 is 0 Å². The Morgan fingerprint density at radius 3 is 3.00 bits per heavy atom. The predicted octanol–water partition coefficient (Wildman–Crippen LogP) is 1.70. The molecule has 0 aliphatic carbocycles. The number of ether oxygens (including phenoxy) is 1. The Labute approximate surface area is 105 Å². The maximum atomic E-state index is 10.9. The van der Waals surface area contributed by atoms with Crippen molar-refractivity contribution >= 4 is 11.5 Å². The predicted molar refractivity (Wildman–Crippen MR) is 65.2 cm³/mol. The molecule has 0 saturated heterocycles. The lowest BCUT2D eigenvalue weighted by Gasteiger charge is -2.13. The van der Waals surface area contributed by atoms with E-state index in [4.69, 9.17) is 10.00 Å². The van der Waals surface area contributed by atoms with Gasteiger partial charge in [0.1, 0.15) is 11.6 Å². The number of rotatable bonds is 6. The van der Waals surface area contributed by atoms with Crippen LogP contribution in [0.1, 0.15) is 19.4 Å². The molecule has 1 unspecified atom stereocenters. The lowest BCUT2D eigenvalue weighted by molar-refractivity contribution is -0.384. The molecule has 1 aromatic rings. The van der Waals surface area contributed by atoms with Crippen molar-refractivity contribution in [1.29, 1.82) is 5.26 Å². The third kappa shape index (κ3) is 3.40. The van der Waals surface area contributed by atoms with Gasteiger partial charge in [0.05, 0.1) is 11.0 Å². The fourth-order valence-corrected chi connectivity index (χ4v) is 1.44. The van der Waals surface area contributed by atoms with E-state index in [9.17, 15) is 10.1 Å². The Kier molecular flexibility index (Phi) is 5.02. The summed E-state index contributed by atoms with van der Waals surface area (Å²) in [5.41, 5.74) is -0.315. The maximum Gasteiger partial charge on any atom is 0.328 e. The zero-order valence-electron chi connectivity index (χ0n) is 10.2. The summed E-state index contributed by atoms with van der Waals surface area (Å²) in [5, 5.41) is 22.6. The van der Waals surface area contributed by atoms with E-state index in [1.807, 2.05) is 13.8 Å². The zero-order valence-corrected chi connectivity index (χ0v) is 10.2. The number of aromatic nitrogens is 1. The topological polar surface area (TPSA) is 101 Å². The maximum absolute atomic E-state index is 10.9. The molecule has 1 atom stereocenters. The van der Waals surface area contributed by atoms with Gasteiger partial charge in [-0.1, -0.05) is 0 Å². The molecule has 0 aliphatic rings. The minimum Gasteiger partial charge on any atom is -0.377 e. The van der Waals surface area contributed by atoms with Crippen LogP contribution in [0.25, 0.3) is 0 Å². The number of nitrogens with one attached hydrogen (secondary N) is 1. The molecule has 1 heterocycles. The second-order valence-corrected chi connectivity index (χ2v) is 3.57. The normalized spacial score (nSPS) is 11.6. The van der Waals surface area contributed by atoms with Crippen molar-refractivity contribution in [2.45, 2.75) is 20.0 Å². The van der Waals surface area contributed by atoms with E-state index in [0.717, 1.165) is 0 Å². The SMILES string of the molecule is CCOC(C)CNc1nccc(C#N)c1[N+](=O)[O-]. The Hall–Kier alpha value is -2.20. The van der Waals surface area contributed by atoms with Crippen LogP contribution in [0.4, 0.5) is 11.5 Å². The third-order valence-corrected chi connectivity index (χ3v) is 2.24. The Balaban J connectivity index is 2.89. The van der Waals surface area contributed by atoms with Gasteiger partial charge in [-0.05, 0) is 19.9 Å². The first-order valence-electron chi connectivity index (χ1n) is 5.49. The second-order valence-electron chi connectivity index (χ2n) is 3.57. The van der Waals surface area contributed by atoms with E-state index in [2.05, 4.69) is 10.3 Å². The van der Waals surface area contributed by atoms with Gasteiger partial charge in [-0.15, -0.1) is 0 Å². The summed E-state index contributed by atoms with van der Waals surface area (Å²) in [6.45, 7) is 4.66. The highest BCUT2D eigenvalue weighted by Gasteiger charge is 2.21. The molecule has 1 aromatic heterocycles. The van der Waals surface area contributed by atoms with Crippen LogP contribution in [0.3, 0.4) is 0 Å². The average molecular weight is 250 g/mol. The highest BCUT2D eigenvalue weighted by Crippen LogP contribution is 2.25. The number of nitriles is 1. The number of nitro groups is 1. The van der Waals surface area contributed by atoms with E-state index in [0.29, 0.717) is 13.2 Å². The molecule has 1 rings (SSSR count). The molecule has 7 heteroatoms. The smallest absolute Gasteiger partial charge is 0.328 e. The molecular weight excluding hydrogens is 236 g/mol. The van der Waals surface area contributed by atoms with Gasteiger partial charge >= 0.3 is 5.69 Å². The molecule has 1 N–H and O–H groups in total. The van der Waals surface area contributed by atoms with Crippen LogP contribution in [0, 0.1) is 21.4 Å². The minimum absolute atomic E-state index is 0.0124. The molecule has 0 amide bonds. The zero-order chi connectivity index (χ0) is 13.5. The summed E-state index contributed by atoms with van der Waals surface area (Å²) in [6.07, 6.45) is 1.27. The Morgan fingerprint density at radius 1 is 1.72 bits per heavy atom. The van der Waals surface area contributed by atoms with Crippen LogP contribution < -0.4 is 5.32 Å². The van der Waals surface area contributed by atoms with Crippen LogP contribution in [0.5, 0.6) is 0 Å². The third-order valence-electron chi connectivity index (χ3n) is 2.24. The van der Waals surface area contributed by atoms with Crippen molar-refractivity contribution in [2.24, 2.45) is 0 Å². The van der Waals surface area contributed by atoms with Crippen molar-refractivity contribution in [3.05, 3.63) is 27.9 Å². The molecule has 0 fully saturated rings. The van der Waals surface area contributed by atoms with Crippen molar-refractivity contribution in [3.63, 3.8) is 0 Å². The van der Waals surface area contributed by atoms with E-state index < -0.39 is 4.92 Å². The second kappa shape index (κ2) is 6.51. The summed E-state index contributed by atoms with van der Waals surface area (Å²) >= 11 is 0. The van der Waals surface area contributed by atoms with E-state index >= 15 is 0 Å². The van der Waals surface area contributed by atoms with Crippen molar-refractivity contribution in [3.8, 4) is 6.07 Å². The lowest BCUT2D eigenvalue weighted by atomic mass is 10.2. The number of pyridine rings is 1. The standard InChI is InChI=1S/C11H14N4O3/c1-3-18-8(2)7-14-11-10(15(16)17)9(6-12)4-5-13-11/h4-5,8H,3,7H2,1-2H3,(H,13,14). The summed E-state index contributed by atoms with van der Waals surface area (Å²) < 4.78 is 5.30. The number of anilines is 1. The molecule has 0 aliphatic heterocycles. The van der Waals surface area contributed by atoms with Gasteiger partial charge in [0, 0.05) is 19.3 Å². The average Bonchev–Trinajstić information content (AvgIpc) is 2.35. The highest BCUT2D eigenvalue weighted by atomic mass is 16.6. The van der Waals surface area contributed by atoms with Crippen molar-refractivity contribution in [2.75, 3.05) is 18.5 Å². The van der Waals surface area contributed by atoms with Crippen molar-refractivity contribution in [1.82, 2.24) is 4.98 Å². The van der Waals surface area contributed by atoms with E-state index in [1.165, 1.54) is 12.3 Å². The van der Waals surface area contributed by atoms with Gasteiger partial charge in [-0.3, -0.25) is 10.1 Å². The Morgan fingerprint density at radius 2 is 2.44 bits per heavy atom. The minimum atomic E-state index is -0.612. The summed E-state index contributed by atoms with van der Waals surface area (Å²) in [6, 6.07) is 3.09. The molecule has 0 aromatic carbocycles. The largest absolute Gasteiger partial charge is 0.377 e. The molecule has 0 bridgehead atoms. The first-order chi connectivity index (χ1) is 8.60. The first kappa shape index (κ1) is 13.9. The van der Waals surface area contributed by atoms with Gasteiger partial charge < -0.3 is 10.1 Å². The van der Waals surface area contributed by atoms with Crippen LogP contribution in [0.15, 0.2) is 12.3 Å². The van der Waals surface area contributed by atoms with E-state index in [1.54, 1.807) is 6.07 Å². The number of hydrogen-bond acceptors (Lipinski definition) is 6. The summed E-state index contributed by atoms with van der Waals surface area (Å²) in [5.74, 6) is 0.0885. The molecule has 96 valence electrons. The quantitative estimate of drug-likeness (QED) is 0.609. The summed E-state index contributed by atoms with van der Waals surface area (Å²) in [4.78, 5) is 14.2. The fourth-order valence-electron chi connectivity index (χ4n) is 1.44. The van der Waals surface area contributed by atoms with Crippen molar-refractivity contribution < 1.29 is 9.66 Å². The first-order valence-corrected chi connectivity index (χ1v) is 5.49. The molecular formula is C11H14N4O3. The number of hydrogen-bond donors (Lipinski definition) is 1. The molecule has 7 nitrogen and oxygen atoms in total. The monoisotopic (exact) mass is 250 g/mol. The van der Waals surface area contributed by atoms with Gasteiger partial charge in [-0.2, -0.15) is 5.26 Å². The molecule has 0 spiro atoms. The van der Waals surface area contributed by atoms with Crippen LogP contribution in [0.2, 0.25) is 0 Å². The van der Waals surface area contributed by atoms with Crippen LogP contribution in [-0.4, -0.2) is 29.2 Å². The highest BCUT2D eigenvalue weighted by molar-refractivity contribution is 5.64. The fraction of sp³-hybridized carbons (Fsp3) is 0.455. The lowest BCUT2D eigenvalue weighted by Crippen LogP contribution is -2.20. The van der Waals surface area contributed by atoms with Gasteiger partial charge in [0.2, 0.25) is 5.82 Å². The molecule has 18 heavy (non-hydrogen) atoms. The molecule has 0 radical (unpaired) electrons.